The van der Waals surface area contributed by atoms with Gasteiger partial charge in [-0.3, -0.25) is 4.79 Å². The molecule has 0 aliphatic heterocycles. The highest BCUT2D eigenvalue weighted by molar-refractivity contribution is 6.32. The Kier molecular flexibility index (Phi) is 3.58. The maximum atomic E-state index is 11.2. The highest BCUT2D eigenvalue weighted by Crippen LogP contribution is 2.23. The number of hydrogen-bond donors (Lipinski definition) is 0. The van der Waals surface area contributed by atoms with Crippen molar-refractivity contribution in [2.45, 2.75) is 0 Å². The fourth-order valence-electron chi connectivity index (χ4n) is 0.967. The van der Waals surface area contributed by atoms with Gasteiger partial charge >= 0.3 is 0 Å². The number of rotatable bonds is 3. The zero-order valence-electron chi connectivity index (χ0n) is 7.01. The number of benzene rings is 1. The Morgan fingerprint density at radius 1 is 1.54 bits per heavy atom. The Morgan fingerprint density at radius 3 is 2.77 bits per heavy atom. The Labute approximate surface area is 86.4 Å². The molecule has 1 aromatic carbocycles. The number of hydrogen-bond acceptors (Lipinski definition) is 2. The lowest BCUT2D eigenvalue weighted by Crippen LogP contribution is -2.02. The van der Waals surface area contributed by atoms with Crippen LogP contribution >= 0.6 is 23.2 Å². The minimum absolute atomic E-state index is 0.0575. The summed E-state index contributed by atoms with van der Waals surface area (Å²) in [7, 11) is 1.48. The predicted molar refractivity (Wildman–Crippen MR) is 53.1 cm³/mol. The smallest absolute Gasteiger partial charge is 0.181 e. The first-order valence-electron chi connectivity index (χ1n) is 3.61. The van der Waals surface area contributed by atoms with E-state index in [4.69, 9.17) is 27.9 Å². The predicted octanol–water partition coefficient (Wildman–Crippen LogP) is 2.77. The van der Waals surface area contributed by atoms with E-state index in [-0.39, 0.29) is 11.7 Å². The van der Waals surface area contributed by atoms with Crippen molar-refractivity contribution in [2.75, 3.05) is 13.0 Å². The number of ketones is 1. The van der Waals surface area contributed by atoms with E-state index in [1.807, 2.05) is 0 Å². The molecule has 70 valence electrons. The van der Waals surface area contributed by atoms with Gasteiger partial charge in [0.15, 0.2) is 5.78 Å². The molecule has 13 heavy (non-hydrogen) atoms. The van der Waals surface area contributed by atoms with E-state index in [9.17, 15) is 4.79 Å². The lowest BCUT2D eigenvalue weighted by atomic mass is 10.1. The molecule has 0 radical (unpaired) electrons. The average molecular weight is 219 g/mol. The second kappa shape index (κ2) is 4.49. The van der Waals surface area contributed by atoms with Crippen molar-refractivity contribution in [3.63, 3.8) is 0 Å². The second-order valence-corrected chi connectivity index (χ2v) is 3.11. The maximum Gasteiger partial charge on any atom is 0.181 e. The van der Waals surface area contributed by atoms with Crippen LogP contribution < -0.4 is 4.74 Å². The van der Waals surface area contributed by atoms with Crippen LogP contribution in [0.5, 0.6) is 5.75 Å². The molecule has 0 atom stereocenters. The maximum absolute atomic E-state index is 11.2. The van der Waals surface area contributed by atoms with E-state index in [0.29, 0.717) is 16.3 Å². The van der Waals surface area contributed by atoms with Gasteiger partial charge in [0, 0.05) is 5.02 Å². The van der Waals surface area contributed by atoms with E-state index in [1.165, 1.54) is 7.11 Å². The molecule has 0 fully saturated rings. The van der Waals surface area contributed by atoms with E-state index < -0.39 is 0 Å². The minimum Gasteiger partial charge on any atom is -0.496 e. The number of alkyl halides is 1. The molecule has 0 heterocycles. The van der Waals surface area contributed by atoms with Crippen LogP contribution in [0.25, 0.3) is 0 Å². The topological polar surface area (TPSA) is 26.3 Å². The lowest BCUT2D eigenvalue weighted by molar-refractivity contribution is 0.101. The van der Waals surface area contributed by atoms with Crippen LogP contribution in [-0.2, 0) is 0 Å². The van der Waals surface area contributed by atoms with Crippen molar-refractivity contribution in [2.24, 2.45) is 0 Å². The molecule has 0 saturated heterocycles. The van der Waals surface area contributed by atoms with Gasteiger partial charge in [-0.1, -0.05) is 11.6 Å². The molecule has 1 rings (SSSR count). The summed E-state index contributed by atoms with van der Waals surface area (Å²) < 4.78 is 4.99. The van der Waals surface area contributed by atoms with Gasteiger partial charge < -0.3 is 4.74 Å². The highest BCUT2D eigenvalue weighted by atomic mass is 35.5. The number of Topliss-reactive ketones (excluding diaryl/α,β-unsaturated/α-hetero) is 1. The molecule has 0 N–H and O–H groups in total. The van der Waals surface area contributed by atoms with E-state index in [0.717, 1.165) is 0 Å². The van der Waals surface area contributed by atoms with Crippen LogP contribution in [-0.4, -0.2) is 18.8 Å². The number of carbonyl (C=O) groups excluding carboxylic acids is 1. The van der Waals surface area contributed by atoms with Crippen molar-refractivity contribution >= 4 is 29.0 Å². The lowest BCUT2D eigenvalue weighted by Gasteiger charge is -2.05. The van der Waals surface area contributed by atoms with E-state index >= 15 is 0 Å². The zero-order valence-corrected chi connectivity index (χ0v) is 8.52. The average Bonchev–Trinajstić information content (AvgIpc) is 2.16. The molecule has 0 aliphatic carbocycles. The van der Waals surface area contributed by atoms with Crippen molar-refractivity contribution < 1.29 is 9.53 Å². The van der Waals surface area contributed by atoms with Crippen LogP contribution in [0.4, 0.5) is 0 Å². The first-order chi connectivity index (χ1) is 6.19. The fourth-order valence-corrected chi connectivity index (χ4v) is 1.27. The molecular formula is C9H8Cl2O2. The van der Waals surface area contributed by atoms with Crippen LogP contribution in [0, 0.1) is 0 Å². The van der Waals surface area contributed by atoms with Gasteiger partial charge in [0.05, 0.1) is 18.6 Å². The number of halogens is 2. The molecular weight excluding hydrogens is 211 g/mol. The van der Waals surface area contributed by atoms with Gasteiger partial charge in [-0.25, -0.2) is 0 Å². The molecule has 0 saturated carbocycles. The minimum atomic E-state index is -0.171. The van der Waals surface area contributed by atoms with Gasteiger partial charge in [0.1, 0.15) is 5.75 Å². The number of ether oxygens (including phenoxy) is 1. The first kappa shape index (κ1) is 10.4. The summed E-state index contributed by atoms with van der Waals surface area (Å²) >= 11 is 11.1. The fraction of sp³-hybridized carbons (Fsp3) is 0.222. The Morgan fingerprint density at radius 2 is 2.23 bits per heavy atom. The molecule has 1 aromatic rings. The largest absolute Gasteiger partial charge is 0.496 e. The Balaban J connectivity index is 3.13. The Hall–Kier alpha value is -0.730. The summed E-state index contributed by atoms with van der Waals surface area (Å²) in [5.41, 5.74) is 0.460. The van der Waals surface area contributed by atoms with Crippen molar-refractivity contribution in [3.05, 3.63) is 28.8 Å². The van der Waals surface area contributed by atoms with Gasteiger partial charge in [-0.15, -0.1) is 11.6 Å². The van der Waals surface area contributed by atoms with E-state index in [2.05, 4.69) is 0 Å². The quantitative estimate of drug-likeness (QED) is 0.577. The third kappa shape index (κ3) is 2.36. The zero-order chi connectivity index (χ0) is 9.84. The van der Waals surface area contributed by atoms with Crippen LogP contribution in [0.3, 0.4) is 0 Å². The number of carbonyl (C=O) groups is 1. The highest BCUT2D eigenvalue weighted by Gasteiger charge is 2.10. The third-order valence-corrected chi connectivity index (χ3v) is 2.06. The molecule has 0 amide bonds. The first-order valence-corrected chi connectivity index (χ1v) is 4.53. The molecule has 0 aromatic heterocycles. The summed E-state index contributed by atoms with van der Waals surface area (Å²) in [5, 5.41) is 0.531. The molecule has 0 aliphatic rings. The second-order valence-electron chi connectivity index (χ2n) is 2.40. The Bertz CT molecular complexity index is 323. The molecule has 2 nitrogen and oxygen atoms in total. The summed E-state index contributed by atoms with van der Waals surface area (Å²) in [5.74, 6) is 0.228. The third-order valence-electron chi connectivity index (χ3n) is 1.59. The van der Waals surface area contributed by atoms with Crippen molar-refractivity contribution in [1.29, 1.82) is 0 Å². The monoisotopic (exact) mass is 218 g/mol. The standard InChI is InChI=1S/C9H8Cl2O2/c1-13-9-4-6(11)2-3-7(9)8(12)5-10/h2-4H,5H2,1H3. The SMILES string of the molecule is COc1cc(Cl)ccc1C(=O)CCl. The summed E-state index contributed by atoms with van der Waals surface area (Å²) in [4.78, 5) is 11.2. The molecule has 0 bridgehead atoms. The van der Waals surface area contributed by atoms with Crippen molar-refractivity contribution in [1.82, 2.24) is 0 Å². The van der Waals surface area contributed by atoms with Crippen LogP contribution in [0.2, 0.25) is 5.02 Å². The van der Waals surface area contributed by atoms with Gasteiger partial charge in [0.2, 0.25) is 0 Å². The van der Waals surface area contributed by atoms with Crippen molar-refractivity contribution in [3.8, 4) is 5.75 Å². The summed E-state index contributed by atoms with van der Waals surface area (Å²) in [6, 6.07) is 4.82. The number of methoxy groups -OCH3 is 1. The molecule has 0 spiro atoms. The van der Waals surface area contributed by atoms with Gasteiger partial charge in [-0.2, -0.15) is 0 Å². The molecule has 4 heteroatoms. The normalized spacial score (nSPS) is 9.77. The van der Waals surface area contributed by atoms with Crippen LogP contribution in [0.15, 0.2) is 18.2 Å². The molecule has 0 unspecified atom stereocenters. The van der Waals surface area contributed by atoms with E-state index in [1.54, 1.807) is 18.2 Å². The van der Waals surface area contributed by atoms with Crippen LogP contribution in [0.1, 0.15) is 10.4 Å². The summed E-state index contributed by atoms with van der Waals surface area (Å²) in [6.07, 6.45) is 0. The van der Waals surface area contributed by atoms with Gasteiger partial charge in [-0.05, 0) is 18.2 Å². The van der Waals surface area contributed by atoms with Gasteiger partial charge in [0.25, 0.3) is 0 Å². The summed E-state index contributed by atoms with van der Waals surface area (Å²) in [6.45, 7) is 0.